The van der Waals surface area contributed by atoms with Crippen LogP contribution in [0.2, 0.25) is 0 Å². The predicted molar refractivity (Wildman–Crippen MR) is 71.2 cm³/mol. The van der Waals surface area contributed by atoms with Gasteiger partial charge in [0.05, 0.1) is 18.1 Å². The molecule has 0 amide bonds. The van der Waals surface area contributed by atoms with Gasteiger partial charge < -0.3 is 9.72 Å². The molecule has 19 heavy (non-hydrogen) atoms. The van der Waals surface area contributed by atoms with Gasteiger partial charge in [-0.25, -0.2) is 4.79 Å². The number of carbonyl (C=O) groups excluding carboxylic acids is 1. The third-order valence-electron chi connectivity index (χ3n) is 2.99. The van der Waals surface area contributed by atoms with Crippen LogP contribution in [0, 0.1) is 0 Å². The maximum atomic E-state index is 12.0. The van der Waals surface area contributed by atoms with E-state index in [2.05, 4.69) is 14.7 Å². The molecule has 0 spiro atoms. The van der Waals surface area contributed by atoms with E-state index in [1.807, 2.05) is 6.07 Å². The van der Waals surface area contributed by atoms with Gasteiger partial charge in [0.2, 0.25) is 0 Å². The summed E-state index contributed by atoms with van der Waals surface area (Å²) in [4.78, 5) is 30.7. The normalized spacial score (nSPS) is 10.8. The molecule has 0 saturated carbocycles. The molecule has 0 atom stereocenters. The van der Waals surface area contributed by atoms with Crippen LogP contribution in [0.1, 0.15) is 10.5 Å². The summed E-state index contributed by atoms with van der Waals surface area (Å²) in [5, 5.41) is 1.32. The molecule has 0 aliphatic rings. The van der Waals surface area contributed by atoms with E-state index < -0.39 is 5.97 Å². The fourth-order valence-corrected chi connectivity index (χ4v) is 2.09. The van der Waals surface area contributed by atoms with Crippen molar-refractivity contribution in [1.29, 1.82) is 0 Å². The van der Waals surface area contributed by atoms with Crippen molar-refractivity contribution in [2.24, 2.45) is 0 Å². The number of hydrogen-bond donors (Lipinski definition) is 1. The number of hydrogen-bond acceptors (Lipinski definition) is 4. The number of esters is 1. The predicted octanol–water partition coefficient (Wildman–Crippen LogP) is 1.86. The number of methoxy groups -OCH3 is 1. The van der Waals surface area contributed by atoms with E-state index in [1.165, 1.54) is 13.2 Å². The van der Waals surface area contributed by atoms with Crippen LogP contribution >= 0.6 is 0 Å². The topological polar surface area (TPSA) is 72.1 Å². The Balaban J connectivity index is 2.47. The lowest BCUT2D eigenvalue weighted by molar-refractivity contribution is 0.0594. The smallest absolute Gasteiger partial charge is 0.354 e. The number of aromatic amines is 1. The number of ether oxygens (including phenoxy) is 1. The van der Waals surface area contributed by atoms with Crippen LogP contribution in [0.25, 0.3) is 21.8 Å². The number of H-pyrrole nitrogens is 1. The van der Waals surface area contributed by atoms with Crippen LogP contribution in [0.15, 0.2) is 41.3 Å². The third kappa shape index (κ3) is 1.76. The number of pyridine rings is 2. The second-order valence-corrected chi connectivity index (χ2v) is 4.10. The van der Waals surface area contributed by atoms with Gasteiger partial charge in [-0.3, -0.25) is 9.78 Å². The number of fused-ring (bicyclic) bond motifs is 3. The van der Waals surface area contributed by atoms with E-state index in [0.29, 0.717) is 10.9 Å². The van der Waals surface area contributed by atoms with E-state index >= 15 is 0 Å². The van der Waals surface area contributed by atoms with Gasteiger partial charge in [0.1, 0.15) is 5.69 Å². The Morgan fingerprint density at radius 1 is 1.26 bits per heavy atom. The lowest BCUT2D eigenvalue weighted by Gasteiger charge is -2.05. The minimum absolute atomic E-state index is 0.136. The van der Waals surface area contributed by atoms with Gasteiger partial charge >= 0.3 is 5.97 Å². The van der Waals surface area contributed by atoms with Crippen molar-refractivity contribution in [2.75, 3.05) is 7.11 Å². The molecule has 5 heteroatoms. The molecule has 1 N–H and O–H groups in total. The van der Waals surface area contributed by atoms with Gasteiger partial charge in [0.25, 0.3) is 0 Å². The van der Waals surface area contributed by atoms with Crippen molar-refractivity contribution >= 4 is 27.8 Å². The highest BCUT2D eigenvalue weighted by molar-refractivity contribution is 6.04. The first-order chi connectivity index (χ1) is 9.20. The Bertz CT molecular complexity index is 852. The zero-order chi connectivity index (χ0) is 13.4. The molecule has 3 rings (SSSR count). The zero-order valence-corrected chi connectivity index (χ0v) is 10.1. The lowest BCUT2D eigenvalue weighted by atomic mass is 10.1. The molecule has 0 unspecified atom stereocenters. The number of benzene rings is 1. The molecule has 0 bridgehead atoms. The summed E-state index contributed by atoms with van der Waals surface area (Å²) in [7, 11) is 1.27. The highest BCUT2D eigenvalue weighted by atomic mass is 16.5. The number of nitrogens with zero attached hydrogens (tertiary/aromatic N) is 1. The fraction of sp³-hybridized carbons (Fsp3) is 0.0714. The van der Waals surface area contributed by atoms with Gasteiger partial charge in [-0.2, -0.15) is 0 Å². The molecule has 0 fully saturated rings. The average Bonchev–Trinajstić information content (AvgIpc) is 2.46. The molecule has 2 aromatic heterocycles. The standard InChI is InChI=1S/C14H10N2O3/c1-19-14(18)11-7-12(17)9-4-5-10-8(13(9)16-11)3-2-6-15-10/h2-7H,1H3,(H,16,17). The summed E-state index contributed by atoms with van der Waals surface area (Å²) < 4.78 is 4.63. The fourth-order valence-electron chi connectivity index (χ4n) is 2.09. The average molecular weight is 254 g/mol. The van der Waals surface area contributed by atoms with Gasteiger partial charge in [-0.05, 0) is 24.3 Å². The summed E-state index contributed by atoms with van der Waals surface area (Å²) in [6.07, 6.45) is 1.68. The highest BCUT2D eigenvalue weighted by Crippen LogP contribution is 2.20. The number of nitrogens with one attached hydrogen (secondary N) is 1. The number of rotatable bonds is 1. The first-order valence-electron chi connectivity index (χ1n) is 5.70. The number of carbonyl (C=O) groups is 1. The molecule has 1 aromatic carbocycles. The Morgan fingerprint density at radius 3 is 2.89 bits per heavy atom. The third-order valence-corrected chi connectivity index (χ3v) is 2.99. The van der Waals surface area contributed by atoms with Crippen molar-refractivity contribution in [1.82, 2.24) is 9.97 Å². The van der Waals surface area contributed by atoms with Crippen molar-refractivity contribution in [3.8, 4) is 0 Å². The Hall–Kier alpha value is -2.69. The minimum Gasteiger partial charge on any atom is -0.464 e. The van der Waals surface area contributed by atoms with E-state index in [0.717, 1.165) is 10.9 Å². The maximum Gasteiger partial charge on any atom is 0.354 e. The highest BCUT2D eigenvalue weighted by Gasteiger charge is 2.11. The molecule has 3 aromatic rings. The quantitative estimate of drug-likeness (QED) is 0.531. The van der Waals surface area contributed by atoms with Crippen molar-refractivity contribution in [2.45, 2.75) is 0 Å². The second kappa shape index (κ2) is 4.20. The van der Waals surface area contributed by atoms with E-state index in [-0.39, 0.29) is 11.1 Å². The van der Waals surface area contributed by atoms with Gasteiger partial charge in [0.15, 0.2) is 5.43 Å². The molecule has 0 radical (unpaired) electrons. The Morgan fingerprint density at radius 2 is 2.11 bits per heavy atom. The Kier molecular flexibility index (Phi) is 2.52. The summed E-state index contributed by atoms with van der Waals surface area (Å²) in [6, 6.07) is 8.36. The van der Waals surface area contributed by atoms with Crippen molar-refractivity contribution in [3.63, 3.8) is 0 Å². The lowest BCUT2D eigenvalue weighted by Crippen LogP contribution is -2.11. The van der Waals surface area contributed by atoms with Crippen LogP contribution in [0.3, 0.4) is 0 Å². The SMILES string of the molecule is COC(=O)c1cc(=O)c2ccc3ncccc3c2[nH]1. The summed E-state index contributed by atoms with van der Waals surface area (Å²) in [5.41, 5.74) is 1.27. The molecule has 0 aliphatic heterocycles. The summed E-state index contributed by atoms with van der Waals surface area (Å²) >= 11 is 0. The van der Waals surface area contributed by atoms with Crippen LogP contribution in [0.5, 0.6) is 0 Å². The maximum absolute atomic E-state index is 12.0. The summed E-state index contributed by atoms with van der Waals surface area (Å²) in [5.74, 6) is -0.570. The van der Waals surface area contributed by atoms with Gasteiger partial charge in [-0.1, -0.05) is 0 Å². The first-order valence-corrected chi connectivity index (χ1v) is 5.70. The monoisotopic (exact) mass is 254 g/mol. The first kappa shape index (κ1) is 11.4. The molecule has 2 heterocycles. The molecule has 5 nitrogen and oxygen atoms in total. The Labute approximate surface area is 107 Å². The second-order valence-electron chi connectivity index (χ2n) is 4.10. The van der Waals surface area contributed by atoms with Crippen LogP contribution < -0.4 is 5.43 Å². The molecular formula is C14H10N2O3. The van der Waals surface area contributed by atoms with E-state index in [4.69, 9.17) is 0 Å². The largest absolute Gasteiger partial charge is 0.464 e. The minimum atomic E-state index is -0.570. The molecule has 0 aliphatic carbocycles. The molecule has 94 valence electrons. The number of aromatic nitrogens is 2. The van der Waals surface area contributed by atoms with Gasteiger partial charge in [0, 0.05) is 23.0 Å². The van der Waals surface area contributed by atoms with Crippen molar-refractivity contribution in [3.05, 3.63) is 52.4 Å². The van der Waals surface area contributed by atoms with Crippen molar-refractivity contribution < 1.29 is 9.53 Å². The van der Waals surface area contributed by atoms with E-state index in [1.54, 1.807) is 24.4 Å². The van der Waals surface area contributed by atoms with Crippen LogP contribution in [-0.2, 0) is 4.74 Å². The molecular weight excluding hydrogens is 244 g/mol. The zero-order valence-electron chi connectivity index (χ0n) is 10.1. The molecule has 0 saturated heterocycles. The van der Waals surface area contributed by atoms with Crippen LogP contribution in [-0.4, -0.2) is 23.0 Å². The van der Waals surface area contributed by atoms with E-state index in [9.17, 15) is 9.59 Å². The van der Waals surface area contributed by atoms with Gasteiger partial charge in [-0.15, -0.1) is 0 Å². The summed E-state index contributed by atoms with van der Waals surface area (Å²) in [6.45, 7) is 0. The van der Waals surface area contributed by atoms with Crippen LogP contribution in [0.4, 0.5) is 0 Å².